The number of aromatic nitrogens is 7. The maximum atomic E-state index is 13.6. The molecule has 0 radical (unpaired) electrons. The third-order valence-corrected chi connectivity index (χ3v) is 10.8. The van der Waals surface area contributed by atoms with Crippen LogP contribution in [0.2, 0.25) is 0 Å². The predicted molar refractivity (Wildman–Crippen MR) is 158 cm³/mol. The van der Waals surface area contributed by atoms with E-state index in [0.717, 1.165) is 10.9 Å². The third-order valence-electron chi connectivity index (χ3n) is 7.54. The van der Waals surface area contributed by atoms with Crippen LogP contribution in [0.4, 0.5) is 11.8 Å². The molecular formula is C21H25N9O11P2S2. The Bertz CT molecular complexity index is 1900. The molecule has 9 atom stereocenters. The van der Waals surface area contributed by atoms with Crippen molar-refractivity contribution in [2.75, 3.05) is 31.3 Å². The van der Waals surface area contributed by atoms with Gasteiger partial charge in [0.1, 0.15) is 48.0 Å². The summed E-state index contributed by atoms with van der Waals surface area (Å²) in [6.45, 7) is -10.4. The molecule has 4 aromatic heterocycles. The van der Waals surface area contributed by atoms with Crippen LogP contribution >= 0.6 is 38.1 Å². The van der Waals surface area contributed by atoms with E-state index in [9.17, 15) is 24.4 Å². The Kier molecular flexibility index (Phi) is 7.58. The number of aromatic hydroxyl groups is 1. The van der Waals surface area contributed by atoms with Crippen LogP contribution in [-0.2, 0) is 42.4 Å². The summed E-state index contributed by atoms with van der Waals surface area (Å²) >= 11 is 8.19. The van der Waals surface area contributed by atoms with Crippen LogP contribution < -0.4 is 11.5 Å². The summed E-state index contributed by atoms with van der Waals surface area (Å²) in [6.07, 6.45) is -4.44. The highest BCUT2D eigenvalue weighted by Crippen LogP contribution is 2.60. The second kappa shape index (κ2) is 11.0. The zero-order chi connectivity index (χ0) is 31.9. The van der Waals surface area contributed by atoms with Gasteiger partial charge in [-0.15, -0.1) is 0 Å². The van der Waals surface area contributed by atoms with Crippen molar-refractivity contribution in [3.63, 3.8) is 0 Å². The Morgan fingerprint density at radius 1 is 1.02 bits per heavy atom. The minimum absolute atomic E-state index is 0.00768. The number of nitrogen functional groups attached to an aromatic ring is 2. The fraction of sp³-hybridized carbons (Fsp3) is 0.476. The van der Waals surface area contributed by atoms with Crippen molar-refractivity contribution in [1.29, 1.82) is 0 Å². The molecule has 7 heterocycles. The summed E-state index contributed by atoms with van der Waals surface area (Å²) in [5.74, 6) is -0.572. The van der Waals surface area contributed by atoms with E-state index in [1.165, 1.54) is 23.2 Å². The van der Waals surface area contributed by atoms with Gasteiger partial charge in [-0.05, 0) is 6.07 Å². The molecule has 3 fully saturated rings. The molecule has 2 bridgehead atoms. The Labute approximate surface area is 262 Å². The van der Waals surface area contributed by atoms with E-state index < -0.39 is 75.9 Å². The Morgan fingerprint density at radius 2 is 1.76 bits per heavy atom. The molecule has 7 N–H and O–H groups in total. The fourth-order valence-electron chi connectivity index (χ4n) is 5.46. The van der Waals surface area contributed by atoms with Gasteiger partial charge in [0.15, 0.2) is 23.4 Å². The van der Waals surface area contributed by atoms with Gasteiger partial charge in [0.25, 0.3) is 0 Å². The van der Waals surface area contributed by atoms with Crippen molar-refractivity contribution in [3.05, 3.63) is 24.9 Å². The third kappa shape index (κ3) is 5.37. The number of thiol groups is 2. The molecule has 4 aromatic rings. The minimum atomic E-state index is -4.40. The van der Waals surface area contributed by atoms with E-state index in [-0.39, 0.29) is 39.8 Å². The number of hydrogen-bond donors (Lipinski definition) is 7. The van der Waals surface area contributed by atoms with Gasteiger partial charge in [-0.1, -0.05) is 24.5 Å². The molecule has 7 rings (SSSR count). The van der Waals surface area contributed by atoms with Gasteiger partial charge in [-0.25, -0.2) is 24.1 Å². The number of aliphatic hydroxyl groups is 2. The summed E-state index contributed by atoms with van der Waals surface area (Å²) in [7, 11) is 0. The molecule has 0 aromatic carbocycles. The van der Waals surface area contributed by atoms with Gasteiger partial charge in [0.2, 0.25) is 11.8 Å². The van der Waals surface area contributed by atoms with Crippen LogP contribution in [0.5, 0.6) is 5.88 Å². The lowest BCUT2D eigenvalue weighted by Crippen LogP contribution is -2.48. The van der Waals surface area contributed by atoms with Crippen molar-refractivity contribution in [3.8, 4) is 5.88 Å². The van der Waals surface area contributed by atoms with Crippen molar-refractivity contribution in [2.45, 2.75) is 42.5 Å². The summed E-state index contributed by atoms with van der Waals surface area (Å²) in [5.41, 5.74) is 9.81. The fourth-order valence-corrected chi connectivity index (χ4v) is 8.42. The normalized spacial score (nSPS) is 37.7. The van der Waals surface area contributed by atoms with Gasteiger partial charge in [-0.2, -0.15) is 9.97 Å². The predicted octanol–water partition coefficient (Wildman–Crippen LogP) is 0.336. The zero-order valence-corrected chi connectivity index (χ0v) is 26.2. The maximum Gasteiger partial charge on any atom is 0.386 e. The van der Waals surface area contributed by atoms with Crippen LogP contribution in [0, 0.1) is 0 Å². The van der Waals surface area contributed by atoms with Crippen LogP contribution in [-0.4, -0.2) is 99.7 Å². The van der Waals surface area contributed by atoms with Gasteiger partial charge in [0, 0.05) is 6.20 Å². The highest BCUT2D eigenvalue weighted by Gasteiger charge is 2.56. The quantitative estimate of drug-likeness (QED) is 0.109. The van der Waals surface area contributed by atoms with Gasteiger partial charge < -0.3 is 40.8 Å². The van der Waals surface area contributed by atoms with Gasteiger partial charge in [0.05, 0.1) is 31.5 Å². The number of anilines is 2. The Morgan fingerprint density at radius 3 is 2.53 bits per heavy atom. The molecule has 0 saturated carbocycles. The average molecular weight is 706 g/mol. The molecular weight excluding hydrogens is 680 g/mol. The average Bonchev–Trinajstić information content (AvgIpc) is 3.73. The lowest BCUT2D eigenvalue weighted by atomic mass is 10.1. The lowest BCUT2D eigenvalue weighted by molar-refractivity contribution is -0.103. The van der Waals surface area contributed by atoms with E-state index in [1.54, 1.807) is 0 Å². The molecule has 3 aliphatic rings. The van der Waals surface area contributed by atoms with E-state index in [2.05, 4.69) is 49.4 Å². The van der Waals surface area contributed by atoms with E-state index in [4.69, 9.17) is 39.0 Å². The number of nitrogens with two attached hydrogens (primary N) is 2. The van der Waals surface area contributed by atoms with Gasteiger partial charge >= 0.3 is 13.6 Å². The highest BCUT2D eigenvalue weighted by atomic mass is 32.7. The number of ether oxygens (including phenoxy) is 2. The molecule has 24 heteroatoms. The SMILES string of the molecule is Nc1nc(N)c2ncn([C@@]3(O)COC4COP(=O)(S)O[C@@H]5[C@H](O)[C@@H](COP(=O)(S)O[C@H]43)O[C@H]5n3ccc4c(O)ncnc43)c2n1. The first-order chi connectivity index (χ1) is 21.3. The second-order valence-corrected chi connectivity index (χ2v) is 16.1. The molecule has 45 heavy (non-hydrogen) atoms. The highest BCUT2D eigenvalue weighted by molar-refractivity contribution is 8.44. The number of imidazole rings is 1. The molecule has 0 amide bonds. The zero-order valence-electron chi connectivity index (χ0n) is 22.6. The minimum Gasteiger partial charge on any atom is -0.493 e. The molecule has 0 spiro atoms. The smallest absolute Gasteiger partial charge is 0.386 e. The Hall–Kier alpha value is -2.59. The monoisotopic (exact) mass is 705 g/mol. The van der Waals surface area contributed by atoms with Crippen LogP contribution in [0.15, 0.2) is 24.9 Å². The lowest BCUT2D eigenvalue weighted by Gasteiger charge is -2.33. The maximum absolute atomic E-state index is 13.6. The topological polar surface area (TPSA) is 277 Å². The number of rotatable bonds is 2. The van der Waals surface area contributed by atoms with Crippen LogP contribution in [0.3, 0.4) is 0 Å². The summed E-state index contributed by atoms with van der Waals surface area (Å²) in [4.78, 5) is 20.0. The largest absolute Gasteiger partial charge is 0.493 e. The molecule has 242 valence electrons. The Balaban J connectivity index is 1.23. The summed E-state index contributed by atoms with van der Waals surface area (Å²) in [6, 6.07) is 1.50. The second-order valence-electron chi connectivity index (χ2n) is 10.3. The van der Waals surface area contributed by atoms with E-state index in [1.807, 2.05) is 0 Å². The van der Waals surface area contributed by atoms with Gasteiger partial charge in [-0.3, -0.25) is 22.7 Å². The van der Waals surface area contributed by atoms with E-state index in [0.29, 0.717) is 0 Å². The molecule has 20 nitrogen and oxygen atoms in total. The van der Waals surface area contributed by atoms with Crippen molar-refractivity contribution in [2.24, 2.45) is 0 Å². The van der Waals surface area contributed by atoms with Crippen LogP contribution in [0.1, 0.15) is 6.23 Å². The number of nitrogens with zero attached hydrogens (tertiary/aromatic N) is 7. The standard InChI is InChI=1S/C21H25N9O11P2S2/c22-15-11-17(28-20(23)27-15)30(7-26-11)21(33)5-36-10-4-38-42(34,44)40-13-12(31)9(3-37-43(35,45)41-14(10)21)39-19(13)29-2-1-8-16(29)24-6-25-18(8)32/h1-2,6-7,9-10,12-14,19,31,33H,3-5H2,(H,34,44)(H,35,45)(H,24,25,32)(H4,22,23,27,28)/t9-,10?,12-,13-,14-,19-,21-,42?,43?/m1/s1. The number of fused-ring (bicyclic) bond motifs is 5. The van der Waals surface area contributed by atoms with E-state index >= 15 is 0 Å². The van der Waals surface area contributed by atoms with Crippen molar-refractivity contribution < 1.29 is 52.0 Å². The first-order valence-corrected chi connectivity index (χ1v) is 18.4. The molecule has 0 aliphatic carbocycles. The number of aliphatic hydroxyl groups excluding tert-OH is 1. The first-order valence-electron chi connectivity index (χ1n) is 13.0. The summed E-state index contributed by atoms with van der Waals surface area (Å²) < 4.78 is 63.9. The molecule has 3 saturated heterocycles. The number of hydrogen-bond acceptors (Lipinski definition) is 18. The van der Waals surface area contributed by atoms with Crippen LogP contribution in [0.25, 0.3) is 22.2 Å². The molecule has 3 unspecified atom stereocenters. The van der Waals surface area contributed by atoms with Crippen molar-refractivity contribution in [1.82, 2.24) is 34.1 Å². The first kappa shape index (κ1) is 31.0. The molecule has 3 aliphatic heterocycles. The van der Waals surface area contributed by atoms with Crippen molar-refractivity contribution >= 4 is 72.1 Å². The summed E-state index contributed by atoms with van der Waals surface area (Å²) in [5, 5.41) is 33.5.